The zero-order valence-electron chi connectivity index (χ0n) is 27.0. The second kappa shape index (κ2) is 31.3. The van der Waals surface area contributed by atoms with Crippen molar-refractivity contribution >= 4 is 11.9 Å². The molecular formula is C36H66O5. The fourth-order valence-electron chi connectivity index (χ4n) is 5.06. The number of allylic oxidation sites excluding steroid dienone is 2. The van der Waals surface area contributed by atoms with Crippen LogP contribution >= 0.6 is 0 Å². The quantitative estimate of drug-likeness (QED) is 0.0485. The lowest BCUT2D eigenvalue weighted by atomic mass is 10.1. The van der Waals surface area contributed by atoms with Crippen molar-refractivity contribution in [3.63, 3.8) is 0 Å². The maximum absolute atomic E-state index is 12.5. The Hall–Kier alpha value is -1.62. The second-order valence-corrected chi connectivity index (χ2v) is 11.9. The summed E-state index contributed by atoms with van der Waals surface area (Å²) in [6, 6.07) is 0. The van der Waals surface area contributed by atoms with Crippen LogP contribution in [0.4, 0.5) is 0 Å². The van der Waals surface area contributed by atoms with E-state index < -0.39 is 5.97 Å². The van der Waals surface area contributed by atoms with E-state index in [-0.39, 0.29) is 24.6 Å². The number of ether oxygens (including phenoxy) is 1. The third-order valence-corrected chi connectivity index (χ3v) is 7.72. The maximum atomic E-state index is 12.5. The Labute approximate surface area is 253 Å². The van der Waals surface area contributed by atoms with Gasteiger partial charge in [-0.1, -0.05) is 122 Å². The molecule has 0 aromatic carbocycles. The topological polar surface area (TPSA) is 83.8 Å². The summed E-state index contributed by atoms with van der Waals surface area (Å²) in [6.07, 6.45) is 35.2. The third-order valence-electron chi connectivity index (χ3n) is 7.72. The first kappa shape index (κ1) is 39.4. The van der Waals surface area contributed by atoms with E-state index in [1.807, 2.05) is 0 Å². The second-order valence-electron chi connectivity index (χ2n) is 11.9. The van der Waals surface area contributed by atoms with Gasteiger partial charge in [0.1, 0.15) is 6.10 Å². The van der Waals surface area contributed by atoms with Gasteiger partial charge in [-0.05, 0) is 64.2 Å². The van der Waals surface area contributed by atoms with Gasteiger partial charge >= 0.3 is 11.9 Å². The van der Waals surface area contributed by atoms with E-state index in [2.05, 4.69) is 38.2 Å². The summed E-state index contributed by atoms with van der Waals surface area (Å²) in [5, 5.41) is 18.7. The molecule has 0 spiro atoms. The minimum absolute atomic E-state index is 0.00623. The van der Waals surface area contributed by atoms with Crippen molar-refractivity contribution < 1.29 is 24.5 Å². The molecule has 0 aliphatic rings. The first-order valence-corrected chi connectivity index (χ1v) is 17.4. The Bertz CT molecular complexity index is 642. The number of hydrogen-bond acceptors (Lipinski definition) is 4. The van der Waals surface area contributed by atoms with E-state index in [1.165, 1.54) is 51.4 Å². The Morgan fingerprint density at radius 2 is 1.07 bits per heavy atom. The number of esters is 1. The number of carboxylic acids is 1. The molecular weight excluding hydrogens is 512 g/mol. The molecule has 2 N–H and O–H groups in total. The SMILES string of the molecule is CCCCCCC(O)CC=CCCCCCCCC(=O)OC(CC=CCCCCCCCC(=O)O)CCCCCC. The predicted octanol–water partition coefficient (Wildman–Crippen LogP) is 10.6. The molecule has 2 atom stereocenters. The lowest BCUT2D eigenvalue weighted by Crippen LogP contribution is -2.17. The number of rotatable bonds is 31. The summed E-state index contributed by atoms with van der Waals surface area (Å²) in [5.74, 6) is -0.745. The largest absolute Gasteiger partial charge is 0.481 e. The van der Waals surface area contributed by atoms with Crippen LogP contribution in [0.2, 0.25) is 0 Å². The molecule has 41 heavy (non-hydrogen) atoms. The average Bonchev–Trinajstić information content (AvgIpc) is 2.95. The van der Waals surface area contributed by atoms with Crippen molar-refractivity contribution in [2.45, 2.75) is 193 Å². The van der Waals surface area contributed by atoms with Crippen LogP contribution in [0.25, 0.3) is 0 Å². The van der Waals surface area contributed by atoms with Crippen LogP contribution in [0.1, 0.15) is 181 Å². The van der Waals surface area contributed by atoms with Crippen molar-refractivity contribution in [3.8, 4) is 0 Å². The molecule has 0 rings (SSSR count). The van der Waals surface area contributed by atoms with Gasteiger partial charge in [-0.25, -0.2) is 0 Å². The van der Waals surface area contributed by atoms with Crippen molar-refractivity contribution in [2.24, 2.45) is 0 Å². The molecule has 0 fully saturated rings. The van der Waals surface area contributed by atoms with Crippen LogP contribution in [0, 0.1) is 0 Å². The van der Waals surface area contributed by atoms with Crippen LogP contribution in [-0.2, 0) is 14.3 Å². The molecule has 240 valence electrons. The average molecular weight is 579 g/mol. The third kappa shape index (κ3) is 31.2. The molecule has 0 saturated carbocycles. The normalized spacial score (nSPS) is 13.2. The molecule has 0 aliphatic heterocycles. The van der Waals surface area contributed by atoms with Gasteiger partial charge in [0, 0.05) is 19.3 Å². The predicted molar refractivity (Wildman–Crippen MR) is 173 cm³/mol. The first-order chi connectivity index (χ1) is 20.0. The Morgan fingerprint density at radius 1 is 0.585 bits per heavy atom. The number of carboxylic acid groups (broad SMARTS) is 1. The summed E-state index contributed by atoms with van der Waals surface area (Å²) >= 11 is 0. The van der Waals surface area contributed by atoms with Crippen LogP contribution in [0.3, 0.4) is 0 Å². The monoisotopic (exact) mass is 578 g/mol. The van der Waals surface area contributed by atoms with Crippen molar-refractivity contribution in [1.82, 2.24) is 0 Å². The number of hydrogen-bond donors (Lipinski definition) is 2. The Kier molecular flexibility index (Phi) is 30.1. The van der Waals surface area contributed by atoms with Gasteiger partial charge in [-0.15, -0.1) is 0 Å². The summed E-state index contributed by atoms with van der Waals surface area (Å²) in [7, 11) is 0. The van der Waals surface area contributed by atoms with E-state index in [9.17, 15) is 14.7 Å². The highest BCUT2D eigenvalue weighted by Gasteiger charge is 2.13. The van der Waals surface area contributed by atoms with E-state index in [1.54, 1.807) is 0 Å². The van der Waals surface area contributed by atoms with Crippen LogP contribution < -0.4 is 0 Å². The number of carbonyl (C=O) groups is 2. The van der Waals surface area contributed by atoms with Gasteiger partial charge in [0.15, 0.2) is 0 Å². The Morgan fingerprint density at radius 3 is 1.66 bits per heavy atom. The van der Waals surface area contributed by atoms with Crippen molar-refractivity contribution in [3.05, 3.63) is 24.3 Å². The molecule has 0 bridgehead atoms. The standard InChI is InChI=1S/C36H66O5/c1-3-5-7-21-27-33(37)28-22-17-13-9-12-16-20-26-32-36(40)41-34(29-23-8-6-4-2)30-24-18-14-10-11-15-19-25-31-35(38)39/h17-18,22,24,33-34,37H,3-16,19-21,23,25-32H2,1-2H3,(H,38,39). The number of aliphatic carboxylic acids is 1. The zero-order chi connectivity index (χ0) is 30.2. The van der Waals surface area contributed by atoms with Gasteiger partial charge in [-0.3, -0.25) is 9.59 Å². The van der Waals surface area contributed by atoms with Gasteiger partial charge in [0.05, 0.1) is 6.10 Å². The molecule has 0 aromatic heterocycles. The highest BCUT2D eigenvalue weighted by molar-refractivity contribution is 5.69. The van der Waals surface area contributed by atoms with Crippen LogP contribution in [-0.4, -0.2) is 34.4 Å². The lowest BCUT2D eigenvalue weighted by Gasteiger charge is -2.16. The molecule has 0 saturated heterocycles. The molecule has 0 amide bonds. The van der Waals surface area contributed by atoms with E-state index in [0.29, 0.717) is 6.42 Å². The first-order valence-electron chi connectivity index (χ1n) is 17.4. The number of aliphatic hydroxyl groups excluding tert-OH is 1. The van der Waals surface area contributed by atoms with Crippen molar-refractivity contribution in [1.29, 1.82) is 0 Å². The highest BCUT2D eigenvalue weighted by atomic mass is 16.5. The summed E-state index contributed by atoms with van der Waals surface area (Å²) in [5.41, 5.74) is 0. The molecule has 2 unspecified atom stereocenters. The molecule has 5 heteroatoms. The number of aliphatic hydroxyl groups is 1. The number of carbonyl (C=O) groups excluding carboxylic acids is 1. The summed E-state index contributed by atoms with van der Waals surface area (Å²) in [6.45, 7) is 4.42. The molecule has 0 heterocycles. The van der Waals surface area contributed by atoms with E-state index in [0.717, 1.165) is 103 Å². The summed E-state index contributed by atoms with van der Waals surface area (Å²) < 4.78 is 5.88. The Balaban J connectivity index is 3.96. The maximum Gasteiger partial charge on any atom is 0.306 e. The van der Waals surface area contributed by atoms with Gasteiger partial charge in [-0.2, -0.15) is 0 Å². The fraction of sp³-hybridized carbons (Fsp3) is 0.833. The molecule has 0 aromatic rings. The van der Waals surface area contributed by atoms with Gasteiger partial charge in [0.2, 0.25) is 0 Å². The molecule has 0 aliphatic carbocycles. The molecule has 0 radical (unpaired) electrons. The van der Waals surface area contributed by atoms with E-state index in [4.69, 9.17) is 9.84 Å². The van der Waals surface area contributed by atoms with Crippen LogP contribution in [0.5, 0.6) is 0 Å². The fourth-order valence-corrected chi connectivity index (χ4v) is 5.06. The summed E-state index contributed by atoms with van der Waals surface area (Å²) in [4.78, 5) is 23.0. The highest BCUT2D eigenvalue weighted by Crippen LogP contribution is 2.16. The van der Waals surface area contributed by atoms with E-state index >= 15 is 0 Å². The minimum Gasteiger partial charge on any atom is -0.481 e. The molecule has 5 nitrogen and oxygen atoms in total. The smallest absolute Gasteiger partial charge is 0.306 e. The van der Waals surface area contributed by atoms with Gasteiger partial charge < -0.3 is 14.9 Å². The van der Waals surface area contributed by atoms with Crippen LogP contribution in [0.15, 0.2) is 24.3 Å². The zero-order valence-corrected chi connectivity index (χ0v) is 27.0. The minimum atomic E-state index is -0.700. The van der Waals surface area contributed by atoms with Crippen molar-refractivity contribution in [2.75, 3.05) is 0 Å². The lowest BCUT2D eigenvalue weighted by molar-refractivity contribution is -0.149. The number of unbranched alkanes of at least 4 members (excludes halogenated alkanes) is 16. The van der Waals surface area contributed by atoms with Gasteiger partial charge in [0.25, 0.3) is 0 Å².